The van der Waals surface area contributed by atoms with Crippen LogP contribution in [-0.2, 0) is 9.59 Å². The molecule has 2 amide bonds. The largest absolute Gasteiger partial charge is 0.305 e. The summed E-state index contributed by atoms with van der Waals surface area (Å²) in [6.07, 6.45) is 0.280. The Labute approximate surface area is 97.2 Å². The first-order valence-corrected chi connectivity index (χ1v) is 5.99. The Morgan fingerprint density at radius 3 is 2.19 bits per heavy atom. The number of hydrogen-bond acceptors (Lipinski definition) is 3. The molecular formula is C12H22N2O2. The van der Waals surface area contributed by atoms with Crippen molar-refractivity contribution in [2.75, 3.05) is 6.54 Å². The molecule has 0 aromatic carbocycles. The molecule has 4 nitrogen and oxygen atoms in total. The Hall–Kier alpha value is -0.900. The Kier molecular flexibility index (Phi) is 4.47. The SMILES string of the molecule is CC(C)C(CNC1CC(=O)NC1=O)C(C)C. The third kappa shape index (κ3) is 3.30. The third-order valence-corrected chi connectivity index (χ3v) is 3.28. The van der Waals surface area contributed by atoms with Gasteiger partial charge in [-0.25, -0.2) is 0 Å². The monoisotopic (exact) mass is 226 g/mol. The van der Waals surface area contributed by atoms with E-state index in [-0.39, 0.29) is 24.3 Å². The van der Waals surface area contributed by atoms with E-state index in [1.54, 1.807) is 0 Å². The molecule has 1 unspecified atom stereocenters. The van der Waals surface area contributed by atoms with Gasteiger partial charge < -0.3 is 5.32 Å². The highest BCUT2D eigenvalue weighted by Gasteiger charge is 2.31. The average molecular weight is 226 g/mol. The van der Waals surface area contributed by atoms with E-state index < -0.39 is 0 Å². The normalized spacial score (nSPS) is 21.3. The molecule has 0 saturated carbocycles. The molecule has 1 rings (SSSR count). The molecule has 1 saturated heterocycles. The van der Waals surface area contributed by atoms with E-state index in [0.717, 1.165) is 6.54 Å². The van der Waals surface area contributed by atoms with Crippen molar-refractivity contribution in [1.82, 2.24) is 10.6 Å². The summed E-state index contributed by atoms with van der Waals surface area (Å²) in [5.41, 5.74) is 0. The van der Waals surface area contributed by atoms with Crippen molar-refractivity contribution in [2.45, 2.75) is 40.2 Å². The lowest BCUT2D eigenvalue weighted by Crippen LogP contribution is -2.41. The molecule has 0 spiro atoms. The molecule has 2 N–H and O–H groups in total. The van der Waals surface area contributed by atoms with Gasteiger partial charge in [-0.1, -0.05) is 27.7 Å². The van der Waals surface area contributed by atoms with Gasteiger partial charge in [0.05, 0.1) is 12.5 Å². The van der Waals surface area contributed by atoms with Crippen LogP contribution in [0.15, 0.2) is 0 Å². The molecule has 1 fully saturated rings. The summed E-state index contributed by atoms with van der Waals surface area (Å²) in [5.74, 6) is 1.33. The van der Waals surface area contributed by atoms with Gasteiger partial charge in [-0.05, 0) is 24.3 Å². The second kappa shape index (κ2) is 5.43. The maximum absolute atomic E-state index is 11.3. The number of imide groups is 1. The Balaban J connectivity index is 2.43. The summed E-state index contributed by atoms with van der Waals surface area (Å²) >= 11 is 0. The number of rotatable bonds is 5. The van der Waals surface area contributed by atoms with E-state index in [2.05, 4.69) is 38.3 Å². The average Bonchev–Trinajstić information content (AvgIpc) is 2.44. The van der Waals surface area contributed by atoms with Crippen molar-refractivity contribution >= 4 is 11.8 Å². The lowest BCUT2D eigenvalue weighted by atomic mass is 9.85. The number of carbonyl (C=O) groups excluding carboxylic acids is 2. The van der Waals surface area contributed by atoms with Crippen LogP contribution in [-0.4, -0.2) is 24.4 Å². The van der Waals surface area contributed by atoms with Crippen molar-refractivity contribution in [3.63, 3.8) is 0 Å². The fourth-order valence-corrected chi connectivity index (χ4v) is 2.24. The molecule has 0 aromatic heterocycles. The lowest BCUT2D eigenvalue weighted by Gasteiger charge is -2.26. The highest BCUT2D eigenvalue weighted by molar-refractivity contribution is 6.05. The Morgan fingerprint density at radius 1 is 1.25 bits per heavy atom. The topological polar surface area (TPSA) is 58.2 Å². The van der Waals surface area contributed by atoms with Crippen LogP contribution < -0.4 is 10.6 Å². The summed E-state index contributed by atoms with van der Waals surface area (Å²) in [5, 5.41) is 5.50. The van der Waals surface area contributed by atoms with Gasteiger partial charge in [-0.15, -0.1) is 0 Å². The van der Waals surface area contributed by atoms with Gasteiger partial charge in [0.2, 0.25) is 11.8 Å². The summed E-state index contributed by atoms with van der Waals surface area (Å²) in [4.78, 5) is 22.3. The molecule has 0 aliphatic carbocycles. The van der Waals surface area contributed by atoms with E-state index in [4.69, 9.17) is 0 Å². The first-order chi connectivity index (χ1) is 7.41. The molecule has 92 valence electrons. The molecule has 4 heteroatoms. The summed E-state index contributed by atoms with van der Waals surface area (Å²) in [7, 11) is 0. The van der Waals surface area contributed by atoms with E-state index in [0.29, 0.717) is 17.8 Å². The van der Waals surface area contributed by atoms with Crippen molar-refractivity contribution < 1.29 is 9.59 Å². The van der Waals surface area contributed by atoms with Crippen molar-refractivity contribution in [3.05, 3.63) is 0 Å². The number of carbonyl (C=O) groups is 2. The molecule has 0 aromatic rings. The second-order valence-electron chi connectivity index (χ2n) is 5.23. The molecule has 1 heterocycles. The molecule has 16 heavy (non-hydrogen) atoms. The number of amides is 2. The maximum atomic E-state index is 11.3. The molecule has 1 aliphatic rings. The van der Waals surface area contributed by atoms with Crippen molar-refractivity contribution in [2.24, 2.45) is 17.8 Å². The van der Waals surface area contributed by atoms with Crippen molar-refractivity contribution in [3.8, 4) is 0 Å². The standard InChI is InChI=1S/C12H22N2O2/c1-7(2)9(8(3)4)6-13-10-5-11(15)14-12(10)16/h7-10,13H,5-6H2,1-4H3,(H,14,15,16). The fraction of sp³-hybridized carbons (Fsp3) is 0.833. The lowest BCUT2D eigenvalue weighted by molar-refractivity contribution is -0.125. The minimum absolute atomic E-state index is 0.173. The van der Waals surface area contributed by atoms with Crippen LogP contribution in [0.2, 0.25) is 0 Å². The zero-order chi connectivity index (χ0) is 12.3. The van der Waals surface area contributed by atoms with Crippen LogP contribution in [0.25, 0.3) is 0 Å². The highest BCUT2D eigenvalue weighted by Crippen LogP contribution is 2.19. The third-order valence-electron chi connectivity index (χ3n) is 3.28. The zero-order valence-corrected chi connectivity index (χ0v) is 10.5. The number of hydrogen-bond donors (Lipinski definition) is 2. The maximum Gasteiger partial charge on any atom is 0.244 e. The van der Waals surface area contributed by atoms with Crippen molar-refractivity contribution in [1.29, 1.82) is 0 Å². The van der Waals surface area contributed by atoms with Gasteiger partial charge in [0.1, 0.15) is 0 Å². The molecule has 0 radical (unpaired) electrons. The molecule has 1 aliphatic heterocycles. The van der Waals surface area contributed by atoms with Gasteiger partial charge in [0.25, 0.3) is 0 Å². The van der Waals surface area contributed by atoms with Crippen LogP contribution in [0.5, 0.6) is 0 Å². The minimum Gasteiger partial charge on any atom is -0.305 e. The predicted octanol–water partition coefficient (Wildman–Crippen LogP) is 0.919. The second-order valence-corrected chi connectivity index (χ2v) is 5.23. The Morgan fingerprint density at radius 2 is 1.81 bits per heavy atom. The summed E-state index contributed by atoms with van der Waals surface area (Å²) in [6.45, 7) is 9.54. The van der Waals surface area contributed by atoms with Gasteiger partial charge in [-0.2, -0.15) is 0 Å². The van der Waals surface area contributed by atoms with Crippen LogP contribution in [0.3, 0.4) is 0 Å². The van der Waals surface area contributed by atoms with E-state index in [9.17, 15) is 9.59 Å². The van der Waals surface area contributed by atoms with Crippen LogP contribution in [0.4, 0.5) is 0 Å². The van der Waals surface area contributed by atoms with Gasteiger partial charge in [0.15, 0.2) is 0 Å². The highest BCUT2D eigenvalue weighted by atomic mass is 16.2. The number of nitrogens with one attached hydrogen (secondary N) is 2. The van der Waals surface area contributed by atoms with E-state index in [1.165, 1.54) is 0 Å². The van der Waals surface area contributed by atoms with Crippen LogP contribution in [0, 0.1) is 17.8 Å². The molecular weight excluding hydrogens is 204 g/mol. The zero-order valence-electron chi connectivity index (χ0n) is 10.5. The van der Waals surface area contributed by atoms with Gasteiger partial charge in [0, 0.05) is 0 Å². The summed E-state index contributed by atoms with van der Waals surface area (Å²) in [6, 6.07) is -0.326. The quantitative estimate of drug-likeness (QED) is 0.685. The van der Waals surface area contributed by atoms with Gasteiger partial charge in [-0.3, -0.25) is 14.9 Å². The minimum atomic E-state index is -0.326. The van der Waals surface area contributed by atoms with Gasteiger partial charge >= 0.3 is 0 Å². The van der Waals surface area contributed by atoms with E-state index >= 15 is 0 Å². The fourth-order valence-electron chi connectivity index (χ4n) is 2.24. The summed E-state index contributed by atoms with van der Waals surface area (Å²) < 4.78 is 0. The predicted molar refractivity (Wildman–Crippen MR) is 62.7 cm³/mol. The van der Waals surface area contributed by atoms with E-state index in [1.807, 2.05) is 0 Å². The first kappa shape index (κ1) is 13.2. The molecule has 0 bridgehead atoms. The van der Waals surface area contributed by atoms with Crippen LogP contribution in [0.1, 0.15) is 34.1 Å². The first-order valence-electron chi connectivity index (χ1n) is 5.99. The van der Waals surface area contributed by atoms with Crippen LogP contribution >= 0.6 is 0 Å². The smallest absolute Gasteiger partial charge is 0.244 e. The Bertz CT molecular complexity index is 266. The molecule has 1 atom stereocenters.